The summed E-state index contributed by atoms with van der Waals surface area (Å²) in [5.41, 5.74) is 1.45. The van der Waals surface area contributed by atoms with Gasteiger partial charge in [-0.3, -0.25) is 9.59 Å². The lowest BCUT2D eigenvalue weighted by atomic mass is 10.2. The second-order valence-corrected chi connectivity index (χ2v) is 8.14. The Morgan fingerprint density at radius 3 is 2.27 bits per heavy atom. The van der Waals surface area contributed by atoms with Gasteiger partial charge in [0.1, 0.15) is 0 Å². The number of benzene rings is 2. The van der Waals surface area contributed by atoms with Crippen molar-refractivity contribution in [1.82, 2.24) is 0 Å². The lowest BCUT2D eigenvalue weighted by Crippen LogP contribution is -2.22. The van der Waals surface area contributed by atoms with E-state index in [9.17, 15) is 18.0 Å². The average Bonchev–Trinajstić information content (AvgIpc) is 2.61. The predicted molar refractivity (Wildman–Crippen MR) is 98.9 cm³/mol. The molecule has 8 heteroatoms. The predicted octanol–water partition coefficient (Wildman–Crippen LogP) is 2.99. The highest BCUT2D eigenvalue weighted by molar-refractivity contribution is 7.91. The van der Waals surface area contributed by atoms with E-state index in [-0.39, 0.29) is 17.1 Å². The molecule has 0 radical (unpaired) electrons. The maximum Gasteiger partial charge on any atom is 0.307 e. The number of esters is 1. The Bertz CT molecular complexity index is 877. The summed E-state index contributed by atoms with van der Waals surface area (Å²) in [6.45, 7) is 1.36. The van der Waals surface area contributed by atoms with Crippen LogP contribution in [0.5, 0.6) is 0 Å². The first kappa shape index (κ1) is 19.9. The fourth-order valence-electron chi connectivity index (χ4n) is 2.03. The van der Waals surface area contributed by atoms with Crippen LogP contribution in [0.2, 0.25) is 5.02 Å². The highest BCUT2D eigenvalue weighted by Gasteiger charge is 2.17. The smallest absolute Gasteiger partial charge is 0.307 e. The number of nitrogens with one attached hydrogen (secondary N) is 1. The van der Waals surface area contributed by atoms with E-state index in [1.165, 1.54) is 12.1 Å². The van der Waals surface area contributed by atoms with Crippen LogP contribution in [0.25, 0.3) is 0 Å². The van der Waals surface area contributed by atoms with Crippen LogP contribution in [0.15, 0.2) is 53.4 Å². The molecule has 0 aliphatic heterocycles. The van der Waals surface area contributed by atoms with Crippen LogP contribution in [0, 0.1) is 6.92 Å². The SMILES string of the molecule is Cc1ccc(S(=O)(=O)CCC(=O)OCC(=O)Nc2ccc(Cl)cc2)cc1. The first-order valence-electron chi connectivity index (χ1n) is 7.77. The molecule has 0 fully saturated rings. The molecule has 0 saturated heterocycles. The van der Waals surface area contributed by atoms with E-state index >= 15 is 0 Å². The van der Waals surface area contributed by atoms with Gasteiger partial charge in [0.2, 0.25) is 0 Å². The van der Waals surface area contributed by atoms with Crippen LogP contribution in [0.4, 0.5) is 5.69 Å². The van der Waals surface area contributed by atoms with E-state index < -0.39 is 28.3 Å². The van der Waals surface area contributed by atoms with Crippen LogP contribution < -0.4 is 5.32 Å². The van der Waals surface area contributed by atoms with Gasteiger partial charge in [0.05, 0.1) is 17.1 Å². The summed E-state index contributed by atoms with van der Waals surface area (Å²) in [5.74, 6) is -1.66. The van der Waals surface area contributed by atoms with Gasteiger partial charge in [0, 0.05) is 10.7 Å². The van der Waals surface area contributed by atoms with Gasteiger partial charge in [0.15, 0.2) is 16.4 Å². The van der Waals surface area contributed by atoms with Gasteiger partial charge >= 0.3 is 5.97 Å². The molecule has 0 spiro atoms. The number of hydrogen-bond acceptors (Lipinski definition) is 5. The summed E-state index contributed by atoms with van der Waals surface area (Å²) in [6.07, 6.45) is -0.329. The molecule has 0 aliphatic rings. The highest BCUT2D eigenvalue weighted by Crippen LogP contribution is 2.14. The van der Waals surface area contributed by atoms with Crippen molar-refractivity contribution in [2.75, 3.05) is 17.7 Å². The Kier molecular flexibility index (Phi) is 6.76. The summed E-state index contributed by atoms with van der Waals surface area (Å²) in [4.78, 5) is 23.6. The molecule has 1 N–H and O–H groups in total. The first-order valence-corrected chi connectivity index (χ1v) is 9.80. The van der Waals surface area contributed by atoms with Crippen LogP contribution in [0.1, 0.15) is 12.0 Å². The van der Waals surface area contributed by atoms with Gasteiger partial charge in [-0.1, -0.05) is 29.3 Å². The number of ether oxygens (including phenoxy) is 1. The number of rotatable bonds is 7. The first-order chi connectivity index (χ1) is 12.3. The molecule has 2 aromatic carbocycles. The van der Waals surface area contributed by atoms with Crippen LogP contribution in [0.3, 0.4) is 0 Å². The van der Waals surface area contributed by atoms with E-state index in [2.05, 4.69) is 5.32 Å². The Morgan fingerprint density at radius 2 is 1.65 bits per heavy atom. The van der Waals surface area contributed by atoms with Crippen LogP contribution in [-0.2, 0) is 24.2 Å². The molecule has 0 aliphatic carbocycles. The van der Waals surface area contributed by atoms with Crippen LogP contribution >= 0.6 is 11.6 Å². The molecule has 1 amide bonds. The van der Waals surface area contributed by atoms with Crippen molar-refractivity contribution in [3.8, 4) is 0 Å². The second kappa shape index (κ2) is 8.82. The standard InChI is InChI=1S/C18H18ClNO5S/c1-13-2-8-16(9-3-13)26(23,24)11-10-18(22)25-12-17(21)20-15-6-4-14(19)5-7-15/h2-9H,10-12H2,1H3,(H,20,21). The zero-order valence-corrected chi connectivity index (χ0v) is 15.6. The molecular formula is C18H18ClNO5S. The molecule has 0 saturated carbocycles. The van der Waals surface area contributed by atoms with Crippen molar-refractivity contribution in [2.24, 2.45) is 0 Å². The number of amides is 1. The third-order valence-electron chi connectivity index (χ3n) is 3.45. The van der Waals surface area contributed by atoms with Crippen molar-refractivity contribution in [2.45, 2.75) is 18.2 Å². The summed E-state index contributed by atoms with van der Waals surface area (Å²) >= 11 is 5.74. The van der Waals surface area contributed by atoms with Crippen LogP contribution in [-0.4, -0.2) is 32.7 Å². The Balaban J connectivity index is 1.78. The zero-order valence-electron chi connectivity index (χ0n) is 14.1. The largest absolute Gasteiger partial charge is 0.456 e. The average molecular weight is 396 g/mol. The number of anilines is 1. The Morgan fingerprint density at radius 1 is 1.04 bits per heavy atom. The summed E-state index contributed by atoms with van der Waals surface area (Å²) < 4.78 is 29.1. The van der Waals surface area contributed by atoms with E-state index in [0.717, 1.165) is 5.56 Å². The summed E-state index contributed by atoms with van der Waals surface area (Å²) in [6, 6.07) is 12.8. The molecule has 0 aromatic heterocycles. The van der Waals surface area contributed by atoms with Gasteiger partial charge in [-0.25, -0.2) is 8.42 Å². The fourth-order valence-corrected chi connectivity index (χ4v) is 3.38. The molecule has 2 aromatic rings. The molecule has 0 bridgehead atoms. The third kappa shape index (κ3) is 6.16. The van der Waals surface area contributed by atoms with Crippen molar-refractivity contribution in [1.29, 1.82) is 0 Å². The maximum absolute atomic E-state index is 12.2. The number of sulfone groups is 1. The molecule has 0 atom stereocenters. The van der Waals surface area contributed by atoms with E-state index in [4.69, 9.17) is 16.3 Å². The normalized spacial score (nSPS) is 11.0. The topological polar surface area (TPSA) is 89.5 Å². The maximum atomic E-state index is 12.2. The van der Waals surface area contributed by atoms with Crippen molar-refractivity contribution >= 4 is 39.0 Å². The molecular weight excluding hydrogens is 378 g/mol. The third-order valence-corrected chi connectivity index (χ3v) is 5.43. The van der Waals surface area contributed by atoms with Gasteiger partial charge in [0.25, 0.3) is 5.91 Å². The lowest BCUT2D eigenvalue weighted by Gasteiger charge is -2.07. The number of hydrogen-bond donors (Lipinski definition) is 1. The fraction of sp³-hybridized carbons (Fsp3) is 0.222. The van der Waals surface area contributed by atoms with Gasteiger partial charge < -0.3 is 10.1 Å². The van der Waals surface area contributed by atoms with E-state index in [1.54, 1.807) is 36.4 Å². The lowest BCUT2D eigenvalue weighted by molar-refractivity contribution is -0.146. The zero-order chi connectivity index (χ0) is 19.2. The Hall–Kier alpha value is -2.38. The summed E-state index contributed by atoms with van der Waals surface area (Å²) in [5, 5.41) is 3.07. The molecule has 26 heavy (non-hydrogen) atoms. The number of halogens is 1. The molecule has 138 valence electrons. The van der Waals surface area contributed by atoms with Gasteiger partial charge in [-0.2, -0.15) is 0 Å². The van der Waals surface area contributed by atoms with Crippen molar-refractivity contribution < 1.29 is 22.7 Å². The number of carbonyl (C=O) groups excluding carboxylic acids is 2. The molecule has 0 unspecified atom stereocenters. The van der Waals surface area contributed by atoms with E-state index in [1.807, 2.05) is 6.92 Å². The van der Waals surface area contributed by atoms with E-state index in [0.29, 0.717) is 10.7 Å². The molecule has 0 heterocycles. The van der Waals surface area contributed by atoms with Gasteiger partial charge in [-0.05, 0) is 43.3 Å². The minimum absolute atomic E-state index is 0.149. The number of carbonyl (C=O) groups is 2. The van der Waals surface area contributed by atoms with Crippen molar-refractivity contribution in [3.05, 3.63) is 59.1 Å². The highest BCUT2D eigenvalue weighted by atomic mass is 35.5. The minimum atomic E-state index is -3.58. The van der Waals surface area contributed by atoms with Crippen molar-refractivity contribution in [3.63, 3.8) is 0 Å². The molecule has 2 rings (SSSR count). The minimum Gasteiger partial charge on any atom is -0.456 e. The molecule has 6 nitrogen and oxygen atoms in total. The summed E-state index contributed by atoms with van der Waals surface area (Å²) in [7, 11) is -3.58. The Labute approximate surface area is 157 Å². The quantitative estimate of drug-likeness (QED) is 0.728. The monoisotopic (exact) mass is 395 g/mol. The second-order valence-electron chi connectivity index (χ2n) is 5.60. The number of aryl methyl sites for hydroxylation is 1. The van der Waals surface area contributed by atoms with Gasteiger partial charge in [-0.15, -0.1) is 0 Å².